The van der Waals surface area contributed by atoms with Gasteiger partial charge in [0.15, 0.2) is 0 Å². The summed E-state index contributed by atoms with van der Waals surface area (Å²) < 4.78 is 13.9. The first-order valence-corrected chi connectivity index (χ1v) is 5.58. The minimum Gasteiger partial charge on any atom is -0.309 e. The lowest BCUT2D eigenvalue weighted by Gasteiger charge is -2.17. The lowest BCUT2D eigenvalue weighted by Crippen LogP contribution is -2.21. The van der Waals surface area contributed by atoms with E-state index < -0.39 is 0 Å². The predicted molar refractivity (Wildman–Crippen MR) is 65.6 cm³/mol. The standard InChI is InChI=1S/C14H18FN/c1-4-6-10-13(16-5-2)12-9-7-8-11(3)14(12)15/h7-9,13,16H,5,10H2,1-3H3. The number of nitrogens with one attached hydrogen (secondary N) is 1. The number of rotatable bonds is 4. The number of aryl methyl sites for hydroxylation is 1. The number of halogens is 1. The van der Waals surface area contributed by atoms with Gasteiger partial charge >= 0.3 is 0 Å². The van der Waals surface area contributed by atoms with Gasteiger partial charge in [-0.2, -0.15) is 0 Å². The Labute approximate surface area is 97.1 Å². The summed E-state index contributed by atoms with van der Waals surface area (Å²) in [5.41, 5.74) is 1.40. The fraction of sp³-hybridized carbons (Fsp3) is 0.429. The minimum atomic E-state index is -0.119. The second kappa shape index (κ2) is 6.30. The van der Waals surface area contributed by atoms with Gasteiger partial charge in [-0.1, -0.05) is 25.1 Å². The maximum Gasteiger partial charge on any atom is 0.130 e. The van der Waals surface area contributed by atoms with E-state index in [1.165, 1.54) is 0 Å². The smallest absolute Gasteiger partial charge is 0.130 e. The van der Waals surface area contributed by atoms with Crippen molar-refractivity contribution < 1.29 is 4.39 Å². The van der Waals surface area contributed by atoms with E-state index >= 15 is 0 Å². The Hall–Kier alpha value is -1.33. The number of hydrogen-bond acceptors (Lipinski definition) is 1. The van der Waals surface area contributed by atoms with Crippen LogP contribution in [0.4, 0.5) is 4.39 Å². The molecule has 0 fully saturated rings. The highest BCUT2D eigenvalue weighted by molar-refractivity contribution is 5.28. The lowest BCUT2D eigenvalue weighted by atomic mass is 10.0. The maximum absolute atomic E-state index is 13.9. The summed E-state index contributed by atoms with van der Waals surface area (Å²) in [6, 6.07) is 5.48. The van der Waals surface area contributed by atoms with E-state index in [0.29, 0.717) is 17.5 Å². The van der Waals surface area contributed by atoms with Crippen LogP contribution in [0.2, 0.25) is 0 Å². The van der Waals surface area contributed by atoms with Gasteiger partial charge in [0.05, 0.1) is 0 Å². The van der Waals surface area contributed by atoms with Gasteiger partial charge in [0.25, 0.3) is 0 Å². The Kier molecular flexibility index (Phi) is 5.01. The highest BCUT2D eigenvalue weighted by Gasteiger charge is 2.14. The van der Waals surface area contributed by atoms with E-state index in [4.69, 9.17) is 0 Å². The first-order chi connectivity index (χ1) is 7.70. The molecular weight excluding hydrogens is 201 g/mol. The SMILES string of the molecule is CC#CCC(NCC)c1cccc(C)c1F. The lowest BCUT2D eigenvalue weighted by molar-refractivity contribution is 0.517. The molecule has 0 heterocycles. The summed E-state index contributed by atoms with van der Waals surface area (Å²) in [6.07, 6.45) is 0.644. The molecule has 1 unspecified atom stereocenters. The predicted octanol–water partition coefficient (Wildman–Crippen LogP) is 3.20. The molecule has 86 valence electrons. The summed E-state index contributed by atoms with van der Waals surface area (Å²) in [7, 11) is 0. The Bertz CT molecular complexity index is 401. The topological polar surface area (TPSA) is 12.0 Å². The molecule has 0 saturated carbocycles. The zero-order valence-electron chi connectivity index (χ0n) is 10.1. The van der Waals surface area contributed by atoms with Crippen LogP contribution in [0.15, 0.2) is 18.2 Å². The summed E-state index contributed by atoms with van der Waals surface area (Å²) in [4.78, 5) is 0. The number of benzene rings is 1. The van der Waals surface area contributed by atoms with Crippen molar-refractivity contribution in [1.82, 2.24) is 5.32 Å². The summed E-state index contributed by atoms with van der Waals surface area (Å²) in [6.45, 7) is 6.41. The number of hydrogen-bond donors (Lipinski definition) is 1. The molecule has 1 N–H and O–H groups in total. The third kappa shape index (κ3) is 3.08. The zero-order chi connectivity index (χ0) is 12.0. The molecule has 0 spiro atoms. The van der Waals surface area contributed by atoms with Gasteiger partial charge in [-0.25, -0.2) is 4.39 Å². The van der Waals surface area contributed by atoms with Crippen LogP contribution in [0.5, 0.6) is 0 Å². The van der Waals surface area contributed by atoms with Gasteiger partial charge < -0.3 is 5.32 Å². The first kappa shape index (κ1) is 12.7. The molecular formula is C14H18FN. The largest absolute Gasteiger partial charge is 0.309 e. The monoisotopic (exact) mass is 219 g/mol. The van der Waals surface area contributed by atoms with E-state index in [0.717, 1.165) is 6.54 Å². The highest BCUT2D eigenvalue weighted by atomic mass is 19.1. The van der Waals surface area contributed by atoms with Crippen LogP contribution in [-0.4, -0.2) is 6.54 Å². The molecule has 1 rings (SSSR count). The van der Waals surface area contributed by atoms with E-state index in [9.17, 15) is 4.39 Å². The average Bonchev–Trinajstić information content (AvgIpc) is 2.28. The summed E-state index contributed by atoms with van der Waals surface area (Å²) in [5.74, 6) is 5.73. The molecule has 1 aromatic rings. The van der Waals surface area contributed by atoms with Gasteiger partial charge in [-0.3, -0.25) is 0 Å². The zero-order valence-corrected chi connectivity index (χ0v) is 10.1. The molecule has 1 atom stereocenters. The van der Waals surface area contributed by atoms with Crippen LogP contribution in [0.25, 0.3) is 0 Å². The second-order valence-corrected chi connectivity index (χ2v) is 3.72. The van der Waals surface area contributed by atoms with Crippen molar-refractivity contribution in [3.05, 3.63) is 35.1 Å². The molecule has 1 aromatic carbocycles. The van der Waals surface area contributed by atoms with Gasteiger partial charge in [0, 0.05) is 18.0 Å². The molecule has 0 radical (unpaired) electrons. The van der Waals surface area contributed by atoms with Gasteiger partial charge in [-0.05, 0) is 26.0 Å². The Balaban J connectivity index is 2.98. The third-order valence-corrected chi connectivity index (χ3v) is 2.53. The molecule has 2 heteroatoms. The molecule has 0 aliphatic heterocycles. The fourth-order valence-corrected chi connectivity index (χ4v) is 1.68. The van der Waals surface area contributed by atoms with Crippen molar-refractivity contribution in [2.45, 2.75) is 33.2 Å². The quantitative estimate of drug-likeness (QED) is 0.767. The first-order valence-electron chi connectivity index (χ1n) is 5.58. The van der Waals surface area contributed by atoms with Gasteiger partial charge in [-0.15, -0.1) is 11.8 Å². The second-order valence-electron chi connectivity index (χ2n) is 3.72. The van der Waals surface area contributed by atoms with Crippen LogP contribution < -0.4 is 5.32 Å². The van der Waals surface area contributed by atoms with E-state index in [2.05, 4.69) is 17.2 Å². The molecule has 16 heavy (non-hydrogen) atoms. The molecule has 0 aromatic heterocycles. The summed E-state index contributed by atoms with van der Waals surface area (Å²) >= 11 is 0. The molecule has 0 aliphatic carbocycles. The van der Waals surface area contributed by atoms with Crippen LogP contribution in [0.1, 0.15) is 37.4 Å². The van der Waals surface area contributed by atoms with Gasteiger partial charge in [0.2, 0.25) is 0 Å². The fourth-order valence-electron chi connectivity index (χ4n) is 1.68. The van der Waals surface area contributed by atoms with Crippen molar-refractivity contribution in [1.29, 1.82) is 0 Å². The van der Waals surface area contributed by atoms with Gasteiger partial charge in [0.1, 0.15) is 5.82 Å². The van der Waals surface area contributed by atoms with E-state index in [1.807, 2.05) is 19.1 Å². The van der Waals surface area contributed by atoms with Crippen molar-refractivity contribution in [3.63, 3.8) is 0 Å². The molecule has 0 bridgehead atoms. The van der Waals surface area contributed by atoms with Crippen molar-refractivity contribution in [2.75, 3.05) is 6.54 Å². The van der Waals surface area contributed by atoms with Crippen molar-refractivity contribution >= 4 is 0 Å². The molecule has 0 aliphatic rings. The van der Waals surface area contributed by atoms with Crippen molar-refractivity contribution in [3.8, 4) is 11.8 Å². The molecule has 0 saturated heterocycles. The van der Waals surface area contributed by atoms with E-state index in [-0.39, 0.29) is 11.9 Å². The molecule has 0 amide bonds. The summed E-state index contributed by atoms with van der Waals surface area (Å²) in [5, 5.41) is 3.26. The third-order valence-electron chi connectivity index (χ3n) is 2.53. The van der Waals surface area contributed by atoms with E-state index in [1.54, 1.807) is 19.9 Å². The Morgan fingerprint density at radius 3 is 2.81 bits per heavy atom. The van der Waals surface area contributed by atoms with Crippen molar-refractivity contribution in [2.24, 2.45) is 0 Å². The van der Waals surface area contributed by atoms with Crippen LogP contribution in [-0.2, 0) is 0 Å². The highest BCUT2D eigenvalue weighted by Crippen LogP contribution is 2.21. The van der Waals surface area contributed by atoms with Crippen LogP contribution >= 0.6 is 0 Å². The Morgan fingerprint density at radius 1 is 1.44 bits per heavy atom. The van der Waals surface area contributed by atoms with Crippen LogP contribution in [0.3, 0.4) is 0 Å². The minimum absolute atomic E-state index is 0.0163. The average molecular weight is 219 g/mol. The van der Waals surface area contributed by atoms with Crippen LogP contribution in [0, 0.1) is 24.6 Å². The normalized spacial score (nSPS) is 11.8. The molecule has 1 nitrogen and oxygen atoms in total. The Morgan fingerprint density at radius 2 is 2.19 bits per heavy atom. The maximum atomic E-state index is 13.9.